The Kier molecular flexibility index (Phi) is 6.39. The molecule has 10 nitrogen and oxygen atoms in total. The SMILES string of the molecule is CC(N/N=C/c1cccnc1)=c1nnc(=C(C)N/N=C/c2cccnc2)nn1. The van der Waals surface area contributed by atoms with Crippen molar-refractivity contribution in [2.45, 2.75) is 13.8 Å². The fraction of sp³-hybridized carbons (Fsp3) is 0.111. The van der Waals surface area contributed by atoms with Gasteiger partial charge in [0.15, 0.2) is 0 Å². The third kappa shape index (κ3) is 5.46. The van der Waals surface area contributed by atoms with Crippen LogP contribution in [0.1, 0.15) is 25.0 Å². The maximum Gasteiger partial charge on any atom is 0.216 e. The van der Waals surface area contributed by atoms with E-state index < -0.39 is 0 Å². The minimum Gasteiger partial charge on any atom is -0.279 e. The van der Waals surface area contributed by atoms with Gasteiger partial charge in [-0.1, -0.05) is 12.1 Å². The highest BCUT2D eigenvalue weighted by molar-refractivity contribution is 5.79. The molecule has 0 bridgehead atoms. The highest BCUT2D eigenvalue weighted by Crippen LogP contribution is 1.91. The highest BCUT2D eigenvalue weighted by Gasteiger charge is 1.97. The molecule has 3 heterocycles. The third-order valence-corrected chi connectivity index (χ3v) is 3.41. The number of nitrogens with one attached hydrogen (secondary N) is 2. The average molecular weight is 374 g/mol. The summed E-state index contributed by atoms with van der Waals surface area (Å²) >= 11 is 0. The maximum atomic E-state index is 4.12. The molecule has 0 atom stereocenters. The van der Waals surface area contributed by atoms with Crippen molar-refractivity contribution in [3.8, 4) is 0 Å². The van der Waals surface area contributed by atoms with Crippen molar-refractivity contribution in [2.24, 2.45) is 10.2 Å². The zero-order valence-corrected chi connectivity index (χ0v) is 15.4. The molecule has 3 aromatic heterocycles. The van der Waals surface area contributed by atoms with Crippen LogP contribution in [0.25, 0.3) is 11.4 Å². The van der Waals surface area contributed by atoms with Gasteiger partial charge in [0.1, 0.15) is 0 Å². The van der Waals surface area contributed by atoms with Crippen molar-refractivity contribution in [2.75, 3.05) is 0 Å². The number of pyridine rings is 2. The summed E-state index contributed by atoms with van der Waals surface area (Å²) in [4.78, 5) is 8.03. The molecule has 3 aromatic rings. The average Bonchev–Trinajstić information content (AvgIpc) is 2.75. The standard InChI is InChI=1S/C18H18N10/c1-13(23-21-11-15-5-3-7-19-9-15)17-25-27-18(28-26-17)14(2)24-22-12-16-6-4-8-20-10-16/h3-12,23-24H,1-2H3/b17-13?,18-14?,21-11+,22-12+. The van der Waals surface area contributed by atoms with Crippen LogP contribution in [-0.2, 0) is 0 Å². The summed E-state index contributed by atoms with van der Waals surface area (Å²) in [5.74, 6) is 0. The van der Waals surface area contributed by atoms with Crippen molar-refractivity contribution in [1.29, 1.82) is 0 Å². The minimum atomic E-state index is 0.346. The Morgan fingerprint density at radius 3 is 1.54 bits per heavy atom. The molecule has 0 spiro atoms. The second kappa shape index (κ2) is 9.57. The second-order valence-electron chi connectivity index (χ2n) is 5.61. The van der Waals surface area contributed by atoms with Gasteiger partial charge >= 0.3 is 0 Å². The fourth-order valence-electron chi connectivity index (χ4n) is 1.94. The van der Waals surface area contributed by atoms with Crippen molar-refractivity contribution in [1.82, 2.24) is 41.2 Å². The zero-order valence-electron chi connectivity index (χ0n) is 15.4. The van der Waals surface area contributed by atoms with Crippen LogP contribution in [-0.4, -0.2) is 42.8 Å². The molecule has 3 rings (SSSR count). The molecule has 140 valence electrons. The molecule has 0 amide bonds. The van der Waals surface area contributed by atoms with Gasteiger partial charge in [0, 0.05) is 35.9 Å². The van der Waals surface area contributed by atoms with Gasteiger partial charge in [0.2, 0.25) is 11.0 Å². The van der Waals surface area contributed by atoms with Crippen molar-refractivity contribution in [3.63, 3.8) is 0 Å². The normalized spacial score (nSPS) is 10.9. The lowest BCUT2D eigenvalue weighted by molar-refractivity contribution is 0.749. The van der Waals surface area contributed by atoms with Crippen molar-refractivity contribution >= 4 is 23.8 Å². The summed E-state index contributed by atoms with van der Waals surface area (Å²) in [5.41, 5.74) is 9.37. The van der Waals surface area contributed by atoms with E-state index in [1.807, 2.05) is 24.3 Å². The topological polar surface area (TPSA) is 126 Å². The first kappa shape index (κ1) is 18.7. The molecule has 0 aliphatic rings. The number of hydrogen-bond acceptors (Lipinski definition) is 10. The highest BCUT2D eigenvalue weighted by atomic mass is 15.3. The lowest BCUT2D eigenvalue weighted by atomic mass is 10.3. The summed E-state index contributed by atoms with van der Waals surface area (Å²) in [6, 6.07) is 7.46. The van der Waals surface area contributed by atoms with E-state index in [9.17, 15) is 0 Å². The van der Waals surface area contributed by atoms with Gasteiger partial charge in [-0.2, -0.15) is 10.2 Å². The van der Waals surface area contributed by atoms with Gasteiger partial charge in [-0.15, -0.1) is 20.4 Å². The molecule has 0 aliphatic heterocycles. The first-order valence-electron chi connectivity index (χ1n) is 8.36. The fourth-order valence-corrected chi connectivity index (χ4v) is 1.94. The predicted molar refractivity (Wildman–Crippen MR) is 105 cm³/mol. The molecule has 0 radical (unpaired) electrons. The van der Waals surface area contributed by atoms with E-state index in [1.54, 1.807) is 51.1 Å². The molecule has 0 saturated heterocycles. The van der Waals surface area contributed by atoms with E-state index in [-0.39, 0.29) is 0 Å². The van der Waals surface area contributed by atoms with Gasteiger partial charge < -0.3 is 0 Å². The summed E-state index contributed by atoms with van der Waals surface area (Å²) in [6.07, 6.45) is 10.1. The van der Waals surface area contributed by atoms with Crippen molar-refractivity contribution in [3.05, 3.63) is 71.1 Å². The molecule has 0 aromatic carbocycles. The third-order valence-electron chi connectivity index (χ3n) is 3.41. The molecular weight excluding hydrogens is 356 g/mol. The lowest BCUT2D eigenvalue weighted by Gasteiger charge is -1.99. The van der Waals surface area contributed by atoms with E-state index in [4.69, 9.17) is 0 Å². The van der Waals surface area contributed by atoms with Gasteiger partial charge in [0.05, 0.1) is 23.8 Å². The Morgan fingerprint density at radius 1 is 0.750 bits per heavy atom. The largest absolute Gasteiger partial charge is 0.279 e. The molecule has 28 heavy (non-hydrogen) atoms. The summed E-state index contributed by atoms with van der Waals surface area (Å²) in [7, 11) is 0. The molecule has 10 heteroatoms. The minimum absolute atomic E-state index is 0.346. The first-order valence-corrected chi connectivity index (χ1v) is 8.36. The Balaban J connectivity index is 1.67. The Bertz CT molecular complexity index is 966. The molecular formula is C18H18N10. The van der Waals surface area contributed by atoms with Crippen molar-refractivity contribution < 1.29 is 0 Å². The second-order valence-corrected chi connectivity index (χ2v) is 5.61. The first-order chi connectivity index (χ1) is 13.7. The van der Waals surface area contributed by atoms with Gasteiger partial charge in [-0.3, -0.25) is 20.8 Å². The van der Waals surface area contributed by atoms with Gasteiger partial charge in [-0.05, 0) is 26.0 Å². The number of rotatable bonds is 6. The number of nitrogens with zero attached hydrogens (tertiary/aromatic N) is 8. The number of hydrazone groups is 2. The molecule has 0 saturated carbocycles. The van der Waals surface area contributed by atoms with E-state index in [1.165, 1.54) is 0 Å². The number of hydrogen-bond donors (Lipinski definition) is 2. The Hall–Kier alpha value is -4.08. The molecule has 0 fully saturated rings. The summed E-state index contributed by atoms with van der Waals surface area (Å²) in [5, 5.41) is 24.5. The number of aromatic nitrogens is 6. The zero-order chi connectivity index (χ0) is 19.6. The summed E-state index contributed by atoms with van der Waals surface area (Å²) in [6.45, 7) is 3.57. The monoisotopic (exact) mass is 374 g/mol. The van der Waals surface area contributed by atoms with Crippen LogP contribution in [0, 0.1) is 0 Å². The van der Waals surface area contributed by atoms with E-state index >= 15 is 0 Å². The van der Waals surface area contributed by atoms with E-state index in [0.29, 0.717) is 22.4 Å². The van der Waals surface area contributed by atoms with E-state index in [0.717, 1.165) is 11.1 Å². The Labute approximate surface area is 160 Å². The van der Waals surface area contributed by atoms with Gasteiger partial charge in [-0.25, -0.2) is 0 Å². The van der Waals surface area contributed by atoms with Crippen LogP contribution in [0.15, 0.2) is 59.3 Å². The van der Waals surface area contributed by atoms with Gasteiger partial charge in [0.25, 0.3) is 0 Å². The van der Waals surface area contributed by atoms with Crippen LogP contribution in [0.4, 0.5) is 0 Å². The molecule has 2 N–H and O–H groups in total. The van der Waals surface area contributed by atoms with Crippen LogP contribution in [0.3, 0.4) is 0 Å². The summed E-state index contributed by atoms with van der Waals surface area (Å²) < 4.78 is 0. The molecule has 0 unspecified atom stereocenters. The van der Waals surface area contributed by atoms with Crippen LogP contribution in [0.2, 0.25) is 0 Å². The predicted octanol–water partition coefficient (Wildman–Crippen LogP) is -0.440. The van der Waals surface area contributed by atoms with Crippen LogP contribution < -0.4 is 21.8 Å². The molecule has 0 aliphatic carbocycles. The van der Waals surface area contributed by atoms with Crippen LogP contribution >= 0.6 is 0 Å². The quantitative estimate of drug-likeness (QED) is 0.439. The van der Waals surface area contributed by atoms with E-state index in [2.05, 4.69) is 51.4 Å². The Morgan fingerprint density at radius 2 is 1.18 bits per heavy atom. The lowest BCUT2D eigenvalue weighted by Crippen LogP contribution is -2.32. The van der Waals surface area contributed by atoms with Crippen LogP contribution in [0.5, 0.6) is 0 Å². The maximum absolute atomic E-state index is 4.12. The smallest absolute Gasteiger partial charge is 0.216 e.